The van der Waals surface area contributed by atoms with E-state index in [1.165, 1.54) is 0 Å². The lowest BCUT2D eigenvalue weighted by atomic mass is 9.96. The number of amides is 2. The molecule has 1 heterocycles. The minimum absolute atomic E-state index is 0.0145. The van der Waals surface area contributed by atoms with Crippen molar-refractivity contribution >= 4 is 20.3 Å². The molecule has 1 aromatic rings. The van der Waals surface area contributed by atoms with Crippen LogP contribution in [0.1, 0.15) is 59.9 Å². The Labute approximate surface area is 218 Å². The summed E-state index contributed by atoms with van der Waals surface area (Å²) >= 11 is 0. The number of rotatable bonds is 11. The summed E-state index contributed by atoms with van der Waals surface area (Å²) in [7, 11) is -2.07. The molecular formula is C27H47N3O5Si. The SMILES string of the molecule is CC(C)(C)OC(=O)N1CCCC1(CN[C@@H](CO[Si](C)(C)C(C)(C)C)C(N)=O)COCc1ccccc1. The Balaban J connectivity index is 2.18. The first-order valence-electron chi connectivity index (χ1n) is 12.9. The molecule has 0 radical (unpaired) electrons. The summed E-state index contributed by atoms with van der Waals surface area (Å²) in [6.45, 7) is 18.2. The summed E-state index contributed by atoms with van der Waals surface area (Å²) in [6, 6.07) is 9.24. The van der Waals surface area contributed by atoms with Crippen LogP contribution < -0.4 is 11.1 Å². The van der Waals surface area contributed by atoms with Gasteiger partial charge in [-0.2, -0.15) is 0 Å². The molecule has 0 aromatic heterocycles. The minimum atomic E-state index is -2.07. The second kappa shape index (κ2) is 12.1. The van der Waals surface area contributed by atoms with Crippen molar-refractivity contribution in [1.82, 2.24) is 10.2 Å². The zero-order valence-corrected chi connectivity index (χ0v) is 24.5. The third kappa shape index (κ3) is 8.57. The van der Waals surface area contributed by atoms with E-state index in [1.54, 1.807) is 4.90 Å². The lowest BCUT2D eigenvalue weighted by molar-refractivity contribution is -0.121. The monoisotopic (exact) mass is 521 g/mol. The van der Waals surface area contributed by atoms with Gasteiger partial charge in [0.05, 0.1) is 25.4 Å². The maximum absolute atomic E-state index is 13.2. The number of carbonyl (C=O) groups is 2. The summed E-state index contributed by atoms with van der Waals surface area (Å²) in [5, 5.41) is 3.33. The highest BCUT2D eigenvalue weighted by atomic mass is 28.4. The van der Waals surface area contributed by atoms with Gasteiger partial charge in [-0.25, -0.2) is 4.79 Å². The quantitative estimate of drug-likeness (QED) is 0.417. The maximum Gasteiger partial charge on any atom is 0.410 e. The summed E-state index contributed by atoms with van der Waals surface area (Å²) in [5.41, 5.74) is 5.53. The fraction of sp³-hybridized carbons (Fsp3) is 0.704. The number of likely N-dealkylation sites (tertiary alicyclic amines) is 1. The Kier molecular flexibility index (Phi) is 10.2. The van der Waals surface area contributed by atoms with Crippen molar-refractivity contribution in [3.05, 3.63) is 35.9 Å². The summed E-state index contributed by atoms with van der Waals surface area (Å²) in [4.78, 5) is 27.3. The third-order valence-electron chi connectivity index (χ3n) is 7.13. The van der Waals surface area contributed by atoms with E-state index >= 15 is 0 Å². The van der Waals surface area contributed by atoms with E-state index in [2.05, 4.69) is 39.2 Å². The highest BCUT2D eigenvalue weighted by Gasteiger charge is 2.46. The van der Waals surface area contributed by atoms with Crippen molar-refractivity contribution in [2.45, 2.75) is 96.3 Å². The van der Waals surface area contributed by atoms with E-state index in [1.807, 2.05) is 51.1 Å². The van der Waals surface area contributed by atoms with Gasteiger partial charge in [0.2, 0.25) is 5.91 Å². The second-order valence-electron chi connectivity index (χ2n) is 12.3. The Bertz CT molecular complexity index is 866. The predicted molar refractivity (Wildman–Crippen MR) is 145 cm³/mol. The first-order valence-corrected chi connectivity index (χ1v) is 15.8. The van der Waals surface area contributed by atoms with Crippen molar-refractivity contribution in [3.63, 3.8) is 0 Å². The van der Waals surface area contributed by atoms with Gasteiger partial charge in [-0.3, -0.25) is 9.69 Å². The molecule has 0 bridgehead atoms. The van der Waals surface area contributed by atoms with Crippen LogP contribution in [0, 0.1) is 0 Å². The lowest BCUT2D eigenvalue weighted by Crippen LogP contribution is -2.60. The number of nitrogens with two attached hydrogens (primary N) is 1. The maximum atomic E-state index is 13.2. The molecular weight excluding hydrogens is 474 g/mol. The lowest BCUT2D eigenvalue weighted by Gasteiger charge is -2.40. The van der Waals surface area contributed by atoms with Gasteiger partial charge in [0.25, 0.3) is 0 Å². The molecule has 8 nitrogen and oxygen atoms in total. The van der Waals surface area contributed by atoms with Crippen molar-refractivity contribution in [2.75, 3.05) is 26.3 Å². The third-order valence-corrected chi connectivity index (χ3v) is 11.6. The molecule has 3 N–H and O–H groups in total. The fourth-order valence-corrected chi connectivity index (χ4v) is 4.94. The second-order valence-corrected chi connectivity index (χ2v) is 17.2. The first kappa shape index (κ1) is 30.3. The van der Waals surface area contributed by atoms with Crippen LogP contribution in [0.3, 0.4) is 0 Å². The van der Waals surface area contributed by atoms with Gasteiger partial charge in [0, 0.05) is 13.1 Å². The van der Waals surface area contributed by atoms with Gasteiger partial charge in [0.15, 0.2) is 8.32 Å². The fourth-order valence-electron chi connectivity index (χ4n) is 3.92. The average Bonchev–Trinajstić information content (AvgIpc) is 3.16. The molecule has 0 saturated carbocycles. The molecule has 0 aliphatic carbocycles. The van der Waals surface area contributed by atoms with Crippen LogP contribution in [-0.2, 0) is 25.3 Å². The van der Waals surface area contributed by atoms with Gasteiger partial charge in [0.1, 0.15) is 11.6 Å². The van der Waals surface area contributed by atoms with Crippen LogP contribution in [0.5, 0.6) is 0 Å². The highest BCUT2D eigenvalue weighted by molar-refractivity contribution is 6.74. The first-order chi connectivity index (χ1) is 16.6. The largest absolute Gasteiger partial charge is 0.444 e. The smallest absolute Gasteiger partial charge is 0.410 e. The van der Waals surface area contributed by atoms with E-state index < -0.39 is 31.4 Å². The average molecular weight is 522 g/mol. The Morgan fingerprint density at radius 3 is 2.33 bits per heavy atom. The standard InChI is InChI=1S/C27H47N3O5Si/c1-25(2,3)35-24(32)30-16-12-15-27(30,20-33-17-21-13-10-9-11-14-21)19-29-22(23(28)31)18-34-36(7,8)26(4,5)6/h9-11,13-14,22,29H,12,15-20H2,1-8H3,(H2,28,31)/t22-,27?/m0/s1. The molecule has 1 aliphatic rings. The van der Waals surface area contributed by atoms with Crippen LogP contribution >= 0.6 is 0 Å². The molecule has 1 fully saturated rings. The van der Waals surface area contributed by atoms with Crippen LogP contribution in [0.4, 0.5) is 4.79 Å². The number of primary amides is 1. The van der Waals surface area contributed by atoms with Crippen molar-refractivity contribution in [2.24, 2.45) is 5.73 Å². The molecule has 9 heteroatoms. The molecule has 1 aliphatic heterocycles. The Hall–Kier alpha value is -1.94. The van der Waals surface area contributed by atoms with Crippen LogP contribution in [0.25, 0.3) is 0 Å². The number of nitrogens with zero attached hydrogens (tertiary/aromatic N) is 1. The molecule has 0 spiro atoms. The van der Waals surface area contributed by atoms with Crippen LogP contribution in [0.15, 0.2) is 30.3 Å². The minimum Gasteiger partial charge on any atom is -0.444 e. The molecule has 36 heavy (non-hydrogen) atoms. The van der Waals surface area contributed by atoms with Crippen LogP contribution in [-0.4, -0.2) is 68.7 Å². The van der Waals surface area contributed by atoms with Crippen LogP contribution in [0.2, 0.25) is 18.1 Å². The number of ether oxygens (including phenoxy) is 2. The number of hydrogen-bond donors (Lipinski definition) is 2. The molecule has 2 atom stereocenters. The molecule has 2 rings (SSSR count). The number of hydrogen-bond acceptors (Lipinski definition) is 6. The summed E-state index contributed by atoms with van der Waals surface area (Å²) in [5.74, 6) is -0.476. The molecule has 1 aromatic carbocycles. The zero-order chi connectivity index (χ0) is 27.2. The van der Waals surface area contributed by atoms with E-state index in [0.29, 0.717) is 26.3 Å². The van der Waals surface area contributed by atoms with Gasteiger partial charge in [-0.15, -0.1) is 0 Å². The highest BCUT2D eigenvalue weighted by Crippen LogP contribution is 2.36. The Morgan fingerprint density at radius 2 is 1.78 bits per heavy atom. The van der Waals surface area contributed by atoms with Crippen molar-refractivity contribution in [3.8, 4) is 0 Å². The number of benzene rings is 1. The predicted octanol–water partition coefficient (Wildman–Crippen LogP) is 4.44. The molecule has 1 unspecified atom stereocenters. The van der Waals surface area contributed by atoms with Gasteiger partial charge in [-0.05, 0) is 57.3 Å². The van der Waals surface area contributed by atoms with Crippen molar-refractivity contribution < 1.29 is 23.5 Å². The molecule has 1 saturated heterocycles. The van der Waals surface area contributed by atoms with E-state index in [4.69, 9.17) is 19.6 Å². The topological polar surface area (TPSA) is 103 Å². The van der Waals surface area contributed by atoms with E-state index in [-0.39, 0.29) is 17.7 Å². The number of nitrogens with one attached hydrogen (secondary N) is 1. The summed E-state index contributed by atoms with van der Waals surface area (Å²) < 4.78 is 18.1. The Morgan fingerprint density at radius 1 is 1.14 bits per heavy atom. The molecule has 204 valence electrons. The van der Waals surface area contributed by atoms with Gasteiger partial charge < -0.3 is 25.0 Å². The van der Waals surface area contributed by atoms with Crippen molar-refractivity contribution in [1.29, 1.82) is 0 Å². The zero-order valence-electron chi connectivity index (χ0n) is 23.5. The summed E-state index contributed by atoms with van der Waals surface area (Å²) in [6.07, 6.45) is 1.16. The van der Waals surface area contributed by atoms with E-state index in [0.717, 1.165) is 18.4 Å². The normalized spacial score (nSPS) is 19.8. The van der Waals surface area contributed by atoms with E-state index in [9.17, 15) is 9.59 Å². The van der Waals surface area contributed by atoms with Gasteiger partial charge in [-0.1, -0.05) is 51.1 Å². The van der Waals surface area contributed by atoms with Gasteiger partial charge >= 0.3 is 6.09 Å². The number of carbonyl (C=O) groups excluding carboxylic acids is 2. The molecule has 2 amide bonds.